The second kappa shape index (κ2) is 6.68. The van der Waals surface area contributed by atoms with E-state index in [2.05, 4.69) is 29.3 Å². The summed E-state index contributed by atoms with van der Waals surface area (Å²) in [5.41, 5.74) is 8.27. The van der Waals surface area contributed by atoms with Gasteiger partial charge in [-0.2, -0.15) is 0 Å². The van der Waals surface area contributed by atoms with E-state index in [-0.39, 0.29) is 11.9 Å². The normalized spacial score (nSPS) is 20.2. The summed E-state index contributed by atoms with van der Waals surface area (Å²) in [5, 5.41) is 2.96. The minimum absolute atomic E-state index is 0.0784. The number of aryl methyl sites for hydroxylation is 1. The minimum atomic E-state index is 0.0784. The number of likely N-dealkylation sites (tertiary alicyclic amines) is 1. The van der Waals surface area contributed by atoms with E-state index in [9.17, 15) is 4.79 Å². The highest BCUT2D eigenvalue weighted by molar-refractivity contribution is 5.78. The monoisotopic (exact) mass is 261 g/mol. The molecule has 0 aromatic heterocycles. The Bertz CT molecular complexity index is 416. The van der Waals surface area contributed by atoms with Crippen LogP contribution >= 0.6 is 0 Å². The van der Waals surface area contributed by atoms with Gasteiger partial charge in [-0.1, -0.05) is 29.8 Å². The Kier molecular flexibility index (Phi) is 4.93. The number of hydrogen-bond acceptors (Lipinski definition) is 3. The van der Waals surface area contributed by atoms with Gasteiger partial charge in [-0.15, -0.1) is 0 Å². The number of benzene rings is 1. The van der Waals surface area contributed by atoms with Crippen LogP contribution in [0.1, 0.15) is 24.0 Å². The molecule has 0 bridgehead atoms. The number of carbonyl (C=O) groups excluding carboxylic acids is 1. The minimum Gasteiger partial charge on any atom is -0.351 e. The molecule has 0 spiro atoms. The first-order valence-corrected chi connectivity index (χ1v) is 6.93. The van der Waals surface area contributed by atoms with E-state index < -0.39 is 0 Å². The van der Waals surface area contributed by atoms with Crippen molar-refractivity contribution in [2.24, 2.45) is 5.73 Å². The first-order chi connectivity index (χ1) is 9.13. The molecule has 1 amide bonds. The fourth-order valence-corrected chi connectivity index (χ4v) is 2.40. The maximum Gasteiger partial charge on any atom is 0.234 e. The number of nitrogens with zero attached hydrogens (tertiary/aromatic N) is 1. The molecule has 0 aliphatic carbocycles. The summed E-state index contributed by atoms with van der Waals surface area (Å²) < 4.78 is 0. The third-order valence-corrected chi connectivity index (χ3v) is 3.52. The van der Waals surface area contributed by atoms with Crippen LogP contribution < -0.4 is 11.1 Å². The molecule has 1 saturated heterocycles. The maximum atomic E-state index is 11.9. The van der Waals surface area contributed by atoms with Gasteiger partial charge in [0, 0.05) is 19.1 Å². The highest BCUT2D eigenvalue weighted by atomic mass is 16.2. The van der Waals surface area contributed by atoms with Crippen molar-refractivity contribution >= 4 is 5.91 Å². The van der Waals surface area contributed by atoms with Crippen molar-refractivity contribution in [1.82, 2.24) is 10.2 Å². The molecule has 4 nitrogen and oxygen atoms in total. The van der Waals surface area contributed by atoms with E-state index in [4.69, 9.17) is 5.73 Å². The van der Waals surface area contributed by atoms with Crippen molar-refractivity contribution in [1.29, 1.82) is 0 Å². The number of piperidine rings is 1. The molecule has 1 fully saturated rings. The van der Waals surface area contributed by atoms with Crippen LogP contribution in [0.5, 0.6) is 0 Å². The summed E-state index contributed by atoms with van der Waals surface area (Å²) in [6, 6.07) is 8.44. The number of nitrogens with two attached hydrogens (primary N) is 1. The molecule has 2 rings (SSSR count). The molecule has 0 saturated carbocycles. The van der Waals surface area contributed by atoms with E-state index in [0.717, 1.165) is 31.5 Å². The zero-order valence-corrected chi connectivity index (χ0v) is 11.6. The second-order valence-electron chi connectivity index (χ2n) is 5.40. The van der Waals surface area contributed by atoms with Gasteiger partial charge in [-0.25, -0.2) is 0 Å². The maximum absolute atomic E-state index is 11.9. The van der Waals surface area contributed by atoms with Crippen molar-refractivity contribution in [2.75, 3.05) is 19.6 Å². The number of carbonyl (C=O) groups is 1. The van der Waals surface area contributed by atoms with Gasteiger partial charge in [0.05, 0.1) is 6.54 Å². The summed E-state index contributed by atoms with van der Waals surface area (Å²) in [7, 11) is 0. The lowest BCUT2D eigenvalue weighted by atomic mass is 10.1. The predicted molar refractivity (Wildman–Crippen MR) is 76.7 cm³/mol. The third kappa shape index (κ3) is 4.65. The first kappa shape index (κ1) is 14.0. The molecule has 4 heteroatoms. The van der Waals surface area contributed by atoms with Gasteiger partial charge in [0.25, 0.3) is 0 Å². The van der Waals surface area contributed by atoms with Crippen LogP contribution in [-0.4, -0.2) is 36.5 Å². The average Bonchev–Trinajstić information content (AvgIpc) is 2.38. The molecule has 104 valence electrons. The number of hydrogen-bond donors (Lipinski definition) is 2. The van der Waals surface area contributed by atoms with Crippen LogP contribution in [0.3, 0.4) is 0 Å². The Morgan fingerprint density at radius 3 is 2.84 bits per heavy atom. The molecule has 1 unspecified atom stereocenters. The third-order valence-electron chi connectivity index (χ3n) is 3.52. The molecule has 1 heterocycles. The molecule has 1 aromatic rings. The summed E-state index contributed by atoms with van der Waals surface area (Å²) in [4.78, 5) is 14.0. The Morgan fingerprint density at radius 2 is 2.16 bits per heavy atom. The van der Waals surface area contributed by atoms with E-state index in [0.29, 0.717) is 13.1 Å². The largest absolute Gasteiger partial charge is 0.351 e. The van der Waals surface area contributed by atoms with Gasteiger partial charge in [0.1, 0.15) is 0 Å². The fourth-order valence-electron chi connectivity index (χ4n) is 2.40. The zero-order valence-electron chi connectivity index (χ0n) is 11.6. The lowest BCUT2D eigenvalue weighted by molar-refractivity contribution is -0.122. The van der Waals surface area contributed by atoms with Crippen LogP contribution in [0.4, 0.5) is 0 Å². The molecular formula is C15H23N3O. The van der Waals surface area contributed by atoms with Gasteiger partial charge in [-0.3, -0.25) is 9.69 Å². The van der Waals surface area contributed by atoms with Crippen molar-refractivity contribution in [3.63, 3.8) is 0 Å². The molecule has 1 atom stereocenters. The lowest BCUT2D eigenvalue weighted by Gasteiger charge is -2.29. The molecule has 19 heavy (non-hydrogen) atoms. The SMILES string of the molecule is Cc1ccc(CNC(=O)CN2CCCC(N)C2)cc1. The van der Waals surface area contributed by atoms with Crippen LogP contribution in [0.25, 0.3) is 0 Å². The van der Waals surface area contributed by atoms with Crippen LogP contribution in [0, 0.1) is 6.92 Å². The zero-order chi connectivity index (χ0) is 13.7. The smallest absolute Gasteiger partial charge is 0.234 e. The highest BCUT2D eigenvalue weighted by Gasteiger charge is 2.18. The van der Waals surface area contributed by atoms with Gasteiger partial charge in [0.15, 0.2) is 0 Å². The lowest BCUT2D eigenvalue weighted by Crippen LogP contribution is -2.46. The van der Waals surface area contributed by atoms with Gasteiger partial charge in [-0.05, 0) is 31.9 Å². The van der Waals surface area contributed by atoms with Crippen molar-refractivity contribution in [3.05, 3.63) is 35.4 Å². The topological polar surface area (TPSA) is 58.4 Å². The molecule has 0 radical (unpaired) electrons. The molecule has 1 aromatic carbocycles. The molecular weight excluding hydrogens is 238 g/mol. The summed E-state index contributed by atoms with van der Waals surface area (Å²) in [5.74, 6) is 0.0784. The molecule has 1 aliphatic rings. The van der Waals surface area contributed by atoms with Gasteiger partial charge >= 0.3 is 0 Å². The van der Waals surface area contributed by atoms with Gasteiger partial charge in [0.2, 0.25) is 5.91 Å². The van der Waals surface area contributed by atoms with E-state index in [1.54, 1.807) is 0 Å². The fraction of sp³-hybridized carbons (Fsp3) is 0.533. The van der Waals surface area contributed by atoms with Crippen molar-refractivity contribution < 1.29 is 4.79 Å². The van der Waals surface area contributed by atoms with E-state index in [1.807, 2.05) is 12.1 Å². The van der Waals surface area contributed by atoms with Crippen LogP contribution in [0.15, 0.2) is 24.3 Å². The Hall–Kier alpha value is -1.39. The Balaban J connectivity index is 1.73. The quantitative estimate of drug-likeness (QED) is 0.851. The molecule has 3 N–H and O–H groups in total. The van der Waals surface area contributed by atoms with Crippen LogP contribution in [-0.2, 0) is 11.3 Å². The Morgan fingerprint density at radius 1 is 1.42 bits per heavy atom. The number of rotatable bonds is 4. The van der Waals surface area contributed by atoms with Crippen molar-refractivity contribution in [2.45, 2.75) is 32.4 Å². The summed E-state index contributed by atoms with van der Waals surface area (Å²) >= 11 is 0. The van der Waals surface area contributed by atoms with Gasteiger partial charge < -0.3 is 11.1 Å². The first-order valence-electron chi connectivity index (χ1n) is 6.93. The summed E-state index contributed by atoms with van der Waals surface area (Å²) in [6.07, 6.45) is 2.16. The van der Waals surface area contributed by atoms with Crippen LogP contribution in [0.2, 0.25) is 0 Å². The Labute approximate surface area is 115 Å². The standard InChI is InChI=1S/C15H23N3O/c1-12-4-6-13(7-5-12)9-17-15(19)11-18-8-2-3-14(16)10-18/h4-7,14H,2-3,8-11,16H2,1H3,(H,17,19). The van der Waals surface area contributed by atoms with E-state index >= 15 is 0 Å². The number of amides is 1. The second-order valence-corrected chi connectivity index (χ2v) is 5.40. The predicted octanol–water partition coefficient (Wildman–Crippen LogP) is 1.03. The van der Waals surface area contributed by atoms with Crippen molar-refractivity contribution in [3.8, 4) is 0 Å². The van der Waals surface area contributed by atoms with E-state index in [1.165, 1.54) is 5.56 Å². The average molecular weight is 261 g/mol. The molecule has 1 aliphatic heterocycles. The number of nitrogens with one attached hydrogen (secondary N) is 1. The summed E-state index contributed by atoms with van der Waals surface area (Å²) in [6.45, 7) is 4.92. The highest BCUT2D eigenvalue weighted by Crippen LogP contribution is 2.07.